The molecule has 1 aliphatic rings. The summed E-state index contributed by atoms with van der Waals surface area (Å²) in [6.45, 7) is 4.12. The molecule has 1 heterocycles. The van der Waals surface area contributed by atoms with Gasteiger partial charge in [0.15, 0.2) is 0 Å². The van der Waals surface area contributed by atoms with Crippen LogP contribution in [0.5, 0.6) is 0 Å². The lowest BCUT2D eigenvalue weighted by molar-refractivity contribution is -0.122. The van der Waals surface area contributed by atoms with Gasteiger partial charge in [0.1, 0.15) is 0 Å². The summed E-state index contributed by atoms with van der Waals surface area (Å²) in [6.07, 6.45) is 5.63. The molecule has 92 valence electrons. The van der Waals surface area contributed by atoms with Crippen LogP contribution in [0.25, 0.3) is 0 Å². The van der Waals surface area contributed by atoms with E-state index in [1.165, 1.54) is 5.56 Å². The molecule has 1 atom stereocenters. The van der Waals surface area contributed by atoms with Gasteiger partial charge in [-0.1, -0.05) is 19.9 Å². The molecule has 1 aromatic heterocycles. The Balaban J connectivity index is 2.06. The number of amides is 1. The van der Waals surface area contributed by atoms with Crippen molar-refractivity contribution in [2.45, 2.75) is 45.6 Å². The Morgan fingerprint density at radius 3 is 3.18 bits per heavy atom. The summed E-state index contributed by atoms with van der Waals surface area (Å²) in [4.78, 5) is 16.2. The minimum Gasteiger partial charge on any atom is -0.348 e. The van der Waals surface area contributed by atoms with Crippen LogP contribution in [0.2, 0.25) is 0 Å². The highest BCUT2D eigenvalue weighted by Crippen LogP contribution is 2.27. The second kappa shape index (κ2) is 5.30. The molecule has 2 rings (SSSR count). The quantitative estimate of drug-likeness (QED) is 0.870. The molecule has 0 bridgehead atoms. The van der Waals surface area contributed by atoms with Crippen molar-refractivity contribution in [2.24, 2.45) is 5.92 Å². The fourth-order valence-electron chi connectivity index (χ4n) is 2.37. The second-order valence-electron chi connectivity index (χ2n) is 5.16. The van der Waals surface area contributed by atoms with Crippen molar-refractivity contribution in [2.75, 3.05) is 0 Å². The van der Waals surface area contributed by atoms with Crippen LogP contribution < -0.4 is 5.32 Å². The van der Waals surface area contributed by atoms with Gasteiger partial charge in [0, 0.05) is 12.6 Å². The summed E-state index contributed by atoms with van der Waals surface area (Å²) in [5.41, 5.74) is 2.35. The molecule has 0 saturated carbocycles. The predicted octanol–water partition coefficient (Wildman–Crippen LogP) is 2.62. The lowest BCUT2D eigenvalue weighted by atomic mass is 9.91. The van der Waals surface area contributed by atoms with Crippen molar-refractivity contribution in [3.8, 4) is 0 Å². The van der Waals surface area contributed by atoms with Crippen LogP contribution in [0.3, 0.4) is 0 Å². The SMILES string of the molecule is CC(C)CC(=O)N[C@H]1CCCc2cccnc21. The molecule has 0 aliphatic heterocycles. The lowest BCUT2D eigenvalue weighted by Gasteiger charge is -2.25. The van der Waals surface area contributed by atoms with Crippen molar-refractivity contribution in [3.63, 3.8) is 0 Å². The summed E-state index contributed by atoms with van der Waals surface area (Å²) in [5.74, 6) is 0.547. The molecule has 3 nitrogen and oxygen atoms in total. The van der Waals surface area contributed by atoms with Crippen LogP contribution in [0.4, 0.5) is 0 Å². The van der Waals surface area contributed by atoms with Gasteiger partial charge < -0.3 is 5.32 Å². The van der Waals surface area contributed by atoms with Crippen molar-refractivity contribution in [3.05, 3.63) is 29.6 Å². The number of hydrogen-bond donors (Lipinski definition) is 1. The molecule has 1 amide bonds. The van der Waals surface area contributed by atoms with E-state index >= 15 is 0 Å². The molecule has 0 aromatic carbocycles. The topological polar surface area (TPSA) is 42.0 Å². The fourth-order valence-corrected chi connectivity index (χ4v) is 2.37. The molecule has 0 saturated heterocycles. The second-order valence-corrected chi connectivity index (χ2v) is 5.16. The summed E-state index contributed by atoms with van der Waals surface area (Å²) in [7, 11) is 0. The summed E-state index contributed by atoms with van der Waals surface area (Å²) < 4.78 is 0. The molecule has 0 fully saturated rings. The molecule has 17 heavy (non-hydrogen) atoms. The van der Waals surface area contributed by atoms with E-state index in [1.54, 1.807) is 0 Å². The van der Waals surface area contributed by atoms with Crippen LogP contribution in [0.15, 0.2) is 18.3 Å². The van der Waals surface area contributed by atoms with E-state index in [4.69, 9.17) is 0 Å². The van der Waals surface area contributed by atoms with E-state index in [-0.39, 0.29) is 11.9 Å². The smallest absolute Gasteiger partial charge is 0.220 e. The zero-order valence-corrected chi connectivity index (χ0v) is 10.6. The van der Waals surface area contributed by atoms with Gasteiger partial charge in [0.05, 0.1) is 11.7 Å². The molecular formula is C14H20N2O. The Morgan fingerprint density at radius 1 is 1.59 bits per heavy atom. The van der Waals surface area contributed by atoms with Gasteiger partial charge >= 0.3 is 0 Å². The number of nitrogens with zero attached hydrogens (tertiary/aromatic N) is 1. The standard InChI is InChI=1S/C14H20N2O/c1-10(2)9-13(17)16-12-7-3-5-11-6-4-8-15-14(11)12/h4,6,8,10,12H,3,5,7,9H2,1-2H3,(H,16,17)/t12-/m0/s1. The van der Waals surface area contributed by atoms with Gasteiger partial charge in [-0.3, -0.25) is 9.78 Å². The molecule has 0 radical (unpaired) electrons. The number of pyridine rings is 1. The van der Waals surface area contributed by atoms with E-state index in [9.17, 15) is 4.79 Å². The van der Waals surface area contributed by atoms with E-state index in [0.717, 1.165) is 25.0 Å². The Morgan fingerprint density at radius 2 is 2.41 bits per heavy atom. The van der Waals surface area contributed by atoms with E-state index in [2.05, 4.69) is 30.2 Å². The first kappa shape index (κ1) is 12.1. The van der Waals surface area contributed by atoms with Crippen LogP contribution >= 0.6 is 0 Å². The number of rotatable bonds is 3. The van der Waals surface area contributed by atoms with Gasteiger partial charge in [0.25, 0.3) is 0 Å². The predicted molar refractivity (Wildman–Crippen MR) is 67.5 cm³/mol. The Bertz CT molecular complexity index is 401. The summed E-state index contributed by atoms with van der Waals surface area (Å²) >= 11 is 0. The van der Waals surface area contributed by atoms with Crippen LogP contribution in [-0.4, -0.2) is 10.9 Å². The average molecular weight is 232 g/mol. The molecule has 3 heteroatoms. The largest absolute Gasteiger partial charge is 0.348 e. The number of fused-ring (bicyclic) bond motifs is 1. The molecule has 0 spiro atoms. The number of aryl methyl sites for hydroxylation is 1. The Kier molecular flexibility index (Phi) is 3.77. The minimum atomic E-state index is 0.117. The summed E-state index contributed by atoms with van der Waals surface area (Å²) in [5, 5.41) is 3.10. The third kappa shape index (κ3) is 3.05. The molecule has 1 N–H and O–H groups in total. The minimum absolute atomic E-state index is 0.117. The molecular weight excluding hydrogens is 212 g/mol. The highest BCUT2D eigenvalue weighted by Gasteiger charge is 2.22. The van der Waals surface area contributed by atoms with E-state index < -0.39 is 0 Å². The highest BCUT2D eigenvalue weighted by molar-refractivity contribution is 5.76. The van der Waals surface area contributed by atoms with Crippen molar-refractivity contribution in [1.82, 2.24) is 10.3 Å². The maximum atomic E-state index is 11.8. The number of carbonyl (C=O) groups is 1. The van der Waals surface area contributed by atoms with Crippen LogP contribution in [-0.2, 0) is 11.2 Å². The molecule has 1 aromatic rings. The van der Waals surface area contributed by atoms with Gasteiger partial charge in [-0.15, -0.1) is 0 Å². The maximum Gasteiger partial charge on any atom is 0.220 e. The zero-order valence-electron chi connectivity index (χ0n) is 10.6. The highest BCUT2D eigenvalue weighted by atomic mass is 16.1. The van der Waals surface area contributed by atoms with Crippen molar-refractivity contribution in [1.29, 1.82) is 0 Å². The van der Waals surface area contributed by atoms with Gasteiger partial charge in [0.2, 0.25) is 5.91 Å². The zero-order chi connectivity index (χ0) is 12.3. The molecule has 0 unspecified atom stereocenters. The number of nitrogens with one attached hydrogen (secondary N) is 1. The number of aromatic nitrogens is 1. The van der Waals surface area contributed by atoms with E-state index in [1.807, 2.05) is 12.3 Å². The van der Waals surface area contributed by atoms with Crippen molar-refractivity contribution < 1.29 is 4.79 Å². The first-order valence-corrected chi connectivity index (χ1v) is 6.40. The fraction of sp³-hybridized carbons (Fsp3) is 0.571. The normalized spacial score (nSPS) is 18.9. The van der Waals surface area contributed by atoms with Crippen molar-refractivity contribution >= 4 is 5.91 Å². The first-order valence-electron chi connectivity index (χ1n) is 6.40. The monoisotopic (exact) mass is 232 g/mol. The third-order valence-corrected chi connectivity index (χ3v) is 3.12. The average Bonchev–Trinajstić information content (AvgIpc) is 2.28. The van der Waals surface area contributed by atoms with E-state index in [0.29, 0.717) is 12.3 Å². The third-order valence-electron chi connectivity index (χ3n) is 3.12. The number of carbonyl (C=O) groups excluding carboxylic acids is 1. The van der Waals surface area contributed by atoms with Crippen LogP contribution in [0.1, 0.15) is 50.4 Å². The van der Waals surface area contributed by atoms with Gasteiger partial charge in [-0.05, 0) is 36.8 Å². The first-order chi connectivity index (χ1) is 8.16. The lowest BCUT2D eigenvalue weighted by Crippen LogP contribution is -2.32. The summed E-state index contributed by atoms with van der Waals surface area (Å²) in [6, 6.07) is 4.20. The Hall–Kier alpha value is -1.38. The Labute approximate surface area is 103 Å². The van der Waals surface area contributed by atoms with Gasteiger partial charge in [-0.25, -0.2) is 0 Å². The van der Waals surface area contributed by atoms with Crippen LogP contribution in [0, 0.1) is 5.92 Å². The maximum absolute atomic E-state index is 11.8. The number of hydrogen-bond acceptors (Lipinski definition) is 2. The molecule has 1 aliphatic carbocycles. The van der Waals surface area contributed by atoms with Gasteiger partial charge in [-0.2, -0.15) is 0 Å².